The molecule has 0 aliphatic heterocycles. The van der Waals surface area contributed by atoms with E-state index in [4.69, 9.17) is 0 Å². The molecule has 0 bridgehead atoms. The minimum atomic E-state index is -4.60. The van der Waals surface area contributed by atoms with Gasteiger partial charge in [0.15, 0.2) is 0 Å². The maximum absolute atomic E-state index is 12.4. The van der Waals surface area contributed by atoms with Gasteiger partial charge in [0.1, 0.15) is 4.90 Å². The second kappa shape index (κ2) is 8.62. The van der Waals surface area contributed by atoms with Gasteiger partial charge < -0.3 is 4.55 Å². The molecule has 35 heavy (non-hydrogen) atoms. The van der Waals surface area contributed by atoms with Crippen molar-refractivity contribution in [3.05, 3.63) is 84.2 Å². The number of benzene rings is 3. The van der Waals surface area contributed by atoms with E-state index in [1.165, 1.54) is 6.92 Å². The molecule has 1 atom stereocenters. The summed E-state index contributed by atoms with van der Waals surface area (Å²) in [5.41, 5.74) is 3.38. The summed E-state index contributed by atoms with van der Waals surface area (Å²) < 4.78 is 59.3. The summed E-state index contributed by atoms with van der Waals surface area (Å²) in [5.74, 6) is 0. The molecule has 0 amide bonds. The fraction of sp³-hybridized carbons (Fsp3) is 0.0769. The van der Waals surface area contributed by atoms with Crippen LogP contribution in [0.5, 0.6) is 0 Å². The van der Waals surface area contributed by atoms with Crippen molar-refractivity contribution in [2.45, 2.75) is 23.6 Å². The van der Waals surface area contributed by atoms with E-state index in [0.29, 0.717) is 49.8 Å². The number of rotatable bonds is 4. The molecule has 2 heterocycles. The predicted octanol–water partition coefficient (Wildman–Crippen LogP) is 5.22. The molecule has 5 aromatic rings. The van der Waals surface area contributed by atoms with Crippen LogP contribution in [0, 0.1) is 13.8 Å². The van der Waals surface area contributed by atoms with Crippen LogP contribution in [0.2, 0.25) is 0 Å². The number of hydrogen-bond donors (Lipinski definition) is 1. The van der Waals surface area contributed by atoms with Gasteiger partial charge in [-0.15, -0.1) is 0 Å². The summed E-state index contributed by atoms with van der Waals surface area (Å²) in [5, 5.41) is 1.04. The lowest BCUT2D eigenvalue weighted by Gasteiger charge is -2.20. The van der Waals surface area contributed by atoms with Crippen LogP contribution in [-0.4, -0.2) is 31.7 Å². The Morgan fingerprint density at radius 2 is 1.20 bits per heavy atom. The van der Waals surface area contributed by atoms with Crippen LogP contribution in [0.25, 0.3) is 44.1 Å². The molecule has 2 aromatic heterocycles. The summed E-state index contributed by atoms with van der Waals surface area (Å²) >= 11 is -2.54. The van der Waals surface area contributed by atoms with E-state index in [1.54, 1.807) is 43.3 Å². The second-order valence-electron chi connectivity index (χ2n) is 8.10. The van der Waals surface area contributed by atoms with Crippen LogP contribution in [0.3, 0.4) is 0 Å². The standard InChI is InChI=1S/C26H20N2O5S2/c1-15-25(34(29)30)21(17-9-5-3-6-10-17)19-13-14-20-22(18-11-7-4-8-12-18)26(35(31,32)33)16(2)28-24(20)23(19)27-15/h3-14H,1-2H3,(H,29,30)(H,31,32,33)/p-1. The molecule has 0 aliphatic rings. The van der Waals surface area contributed by atoms with Crippen molar-refractivity contribution in [3.8, 4) is 22.3 Å². The van der Waals surface area contributed by atoms with Crippen LogP contribution in [0.15, 0.2) is 82.6 Å². The highest BCUT2D eigenvalue weighted by molar-refractivity contribution is 7.86. The van der Waals surface area contributed by atoms with Gasteiger partial charge in [-0.05, 0) is 36.1 Å². The molecule has 0 saturated carbocycles. The monoisotopic (exact) mass is 503 g/mol. The summed E-state index contributed by atoms with van der Waals surface area (Å²) in [6.07, 6.45) is 0. The molecule has 1 N–H and O–H groups in total. The maximum atomic E-state index is 12.4. The van der Waals surface area contributed by atoms with Gasteiger partial charge in [0, 0.05) is 21.9 Å². The zero-order valence-electron chi connectivity index (χ0n) is 18.7. The summed E-state index contributed by atoms with van der Waals surface area (Å²) in [4.78, 5) is 8.99. The van der Waals surface area contributed by atoms with Gasteiger partial charge in [-0.1, -0.05) is 72.8 Å². The Bertz CT molecular complexity index is 1750. The first-order valence-electron chi connectivity index (χ1n) is 10.6. The number of hydrogen-bond acceptors (Lipinski definition) is 6. The lowest BCUT2D eigenvalue weighted by molar-refractivity contribution is 0.482. The zero-order valence-corrected chi connectivity index (χ0v) is 20.4. The highest BCUT2D eigenvalue weighted by Crippen LogP contribution is 2.41. The Hall–Kier alpha value is -3.50. The molecule has 7 nitrogen and oxygen atoms in total. The molecule has 9 heteroatoms. The molecule has 0 saturated heterocycles. The topological polar surface area (TPSA) is 120 Å². The predicted molar refractivity (Wildman–Crippen MR) is 134 cm³/mol. The van der Waals surface area contributed by atoms with Gasteiger partial charge >= 0.3 is 0 Å². The first-order valence-corrected chi connectivity index (χ1v) is 13.1. The summed E-state index contributed by atoms with van der Waals surface area (Å²) in [7, 11) is -4.60. The smallest absolute Gasteiger partial charge is 0.296 e. The van der Waals surface area contributed by atoms with Gasteiger partial charge in [0.25, 0.3) is 10.1 Å². The van der Waals surface area contributed by atoms with Crippen LogP contribution in [-0.2, 0) is 21.2 Å². The van der Waals surface area contributed by atoms with Gasteiger partial charge in [0.05, 0.1) is 27.3 Å². The Morgan fingerprint density at radius 3 is 1.69 bits per heavy atom. The Labute approximate surface area is 204 Å². The third kappa shape index (κ3) is 3.92. The lowest BCUT2D eigenvalue weighted by Crippen LogP contribution is -2.07. The Morgan fingerprint density at radius 1 is 0.743 bits per heavy atom. The Kier molecular flexibility index (Phi) is 5.72. The van der Waals surface area contributed by atoms with E-state index in [9.17, 15) is 21.7 Å². The minimum Gasteiger partial charge on any atom is -0.768 e. The molecule has 0 radical (unpaired) electrons. The normalized spacial score (nSPS) is 12.8. The van der Waals surface area contributed by atoms with Gasteiger partial charge in [-0.25, -0.2) is 9.97 Å². The van der Waals surface area contributed by atoms with Crippen LogP contribution in [0.1, 0.15) is 11.4 Å². The third-order valence-electron chi connectivity index (χ3n) is 5.91. The molecular weight excluding hydrogens is 484 g/mol. The van der Waals surface area contributed by atoms with Gasteiger partial charge in [0.2, 0.25) is 0 Å². The van der Waals surface area contributed by atoms with Gasteiger partial charge in [-0.2, -0.15) is 8.42 Å². The van der Waals surface area contributed by atoms with E-state index < -0.39 is 21.2 Å². The fourth-order valence-corrected chi connectivity index (χ4v) is 6.14. The number of nitrogens with zero attached hydrogens (tertiary/aromatic N) is 2. The Balaban J connectivity index is 2.02. The average Bonchev–Trinajstić information content (AvgIpc) is 2.82. The quantitative estimate of drug-likeness (QED) is 0.203. The van der Waals surface area contributed by atoms with Crippen LogP contribution >= 0.6 is 0 Å². The SMILES string of the molecule is Cc1nc2c(ccc3c(-c4ccccc4)c(S(=O)(=O)O)c(C)nc32)c(-c2ccccc2)c1S(=O)[O-]. The number of aryl methyl sites for hydroxylation is 2. The van der Waals surface area contributed by atoms with Crippen LogP contribution < -0.4 is 0 Å². The van der Waals surface area contributed by atoms with Crippen molar-refractivity contribution in [2.24, 2.45) is 0 Å². The van der Waals surface area contributed by atoms with E-state index in [-0.39, 0.29) is 15.5 Å². The molecule has 3 aromatic carbocycles. The summed E-state index contributed by atoms with van der Waals surface area (Å²) in [6, 6.07) is 21.4. The largest absolute Gasteiger partial charge is 0.768 e. The molecule has 0 fully saturated rings. The van der Waals surface area contributed by atoms with E-state index in [1.807, 2.05) is 36.4 Å². The van der Waals surface area contributed by atoms with E-state index in [2.05, 4.69) is 9.97 Å². The number of fused-ring (bicyclic) bond motifs is 3. The number of pyridine rings is 2. The van der Waals surface area contributed by atoms with Crippen LogP contribution in [0.4, 0.5) is 0 Å². The molecular formula is C26H19N2O5S2-. The van der Waals surface area contributed by atoms with Crippen molar-refractivity contribution < 1.29 is 21.7 Å². The number of aromatic nitrogens is 2. The molecule has 0 aliphatic carbocycles. The fourth-order valence-electron chi connectivity index (χ4n) is 4.56. The van der Waals surface area contributed by atoms with E-state index in [0.717, 1.165) is 0 Å². The first-order chi connectivity index (χ1) is 16.7. The molecule has 1 unspecified atom stereocenters. The summed E-state index contributed by atoms with van der Waals surface area (Å²) in [6.45, 7) is 3.13. The van der Waals surface area contributed by atoms with Crippen molar-refractivity contribution in [1.82, 2.24) is 9.97 Å². The highest BCUT2D eigenvalue weighted by Gasteiger charge is 2.26. The minimum absolute atomic E-state index is 0.0950. The van der Waals surface area contributed by atoms with Crippen molar-refractivity contribution in [3.63, 3.8) is 0 Å². The third-order valence-corrected chi connectivity index (χ3v) is 7.76. The molecule has 176 valence electrons. The lowest BCUT2D eigenvalue weighted by atomic mass is 9.95. The van der Waals surface area contributed by atoms with Gasteiger partial charge in [-0.3, -0.25) is 8.76 Å². The molecule has 5 rings (SSSR count). The average molecular weight is 504 g/mol. The molecule has 0 spiro atoms. The zero-order chi connectivity index (χ0) is 24.9. The van der Waals surface area contributed by atoms with Crippen molar-refractivity contribution in [2.75, 3.05) is 0 Å². The second-order valence-corrected chi connectivity index (χ2v) is 10.3. The van der Waals surface area contributed by atoms with E-state index >= 15 is 0 Å². The maximum Gasteiger partial charge on any atom is 0.296 e. The van der Waals surface area contributed by atoms with Crippen molar-refractivity contribution >= 4 is 43.0 Å². The highest BCUT2D eigenvalue weighted by atomic mass is 32.2. The van der Waals surface area contributed by atoms with Crippen molar-refractivity contribution in [1.29, 1.82) is 0 Å². The first kappa shape index (κ1) is 23.3.